The number of aliphatic imine (C=N–C) groups is 2. The maximum Gasteiger partial charge on any atom is 0.0848 e. The van der Waals surface area contributed by atoms with Crippen molar-refractivity contribution in [1.29, 1.82) is 0 Å². The zero-order valence-electron chi connectivity index (χ0n) is 25.6. The number of unbranched alkanes of at least 4 members (excludes halogenated alkanes) is 17. The Hall–Kier alpha value is -1.99. The standard InChI is InChI=1S/C37H56N2.Ni/c1-3-5-6-7-8-9-10-11-12-13-14-15-16-17-18-19-20-21-28-33-37(39-35-31-26-23-27-32-35)36(4-2)38-34-29-24-22-25-30-34;/h22-33H,3-21H2,1-2H3;. The third-order valence-corrected chi connectivity index (χ3v) is 7.41. The Morgan fingerprint density at radius 1 is 0.525 bits per heavy atom. The normalized spacial score (nSPS) is 12.2. The molecule has 2 rings (SSSR count). The molecular weight excluding hydrogens is 531 g/mol. The molecule has 0 saturated heterocycles. The zero-order valence-corrected chi connectivity index (χ0v) is 26.6. The number of hydrogen-bond donors (Lipinski definition) is 0. The van der Waals surface area contributed by atoms with Gasteiger partial charge < -0.3 is 0 Å². The molecular formula is C37H56N2Ni. The number of benzene rings is 2. The zero-order chi connectivity index (χ0) is 27.6. The molecule has 2 aromatic carbocycles. The summed E-state index contributed by atoms with van der Waals surface area (Å²) < 4.78 is 0. The Kier molecular flexibility index (Phi) is 23.4. The van der Waals surface area contributed by atoms with Crippen LogP contribution in [0.1, 0.15) is 136 Å². The van der Waals surface area contributed by atoms with Gasteiger partial charge in [-0.25, -0.2) is 4.99 Å². The molecule has 0 heterocycles. The van der Waals surface area contributed by atoms with Gasteiger partial charge >= 0.3 is 0 Å². The van der Waals surface area contributed by atoms with Gasteiger partial charge in [0.05, 0.1) is 22.8 Å². The SMILES string of the molecule is CCCCCCCCCCCCCCCCCCCC=CC(=Nc1ccccc1)C(CC)=Nc1ccccc1.[Ni]. The van der Waals surface area contributed by atoms with Crippen molar-refractivity contribution in [1.82, 2.24) is 0 Å². The minimum absolute atomic E-state index is 0. The van der Waals surface area contributed by atoms with E-state index in [4.69, 9.17) is 9.98 Å². The smallest absolute Gasteiger partial charge is 0.0848 e. The van der Waals surface area contributed by atoms with Crippen LogP contribution in [0.3, 0.4) is 0 Å². The van der Waals surface area contributed by atoms with Crippen molar-refractivity contribution in [3.05, 3.63) is 72.8 Å². The van der Waals surface area contributed by atoms with Crippen molar-refractivity contribution in [2.45, 2.75) is 136 Å². The first-order chi connectivity index (χ1) is 19.3. The van der Waals surface area contributed by atoms with Gasteiger partial charge in [0.15, 0.2) is 0 Å². The quantitative estimate of drug-likeness (QED) is 0.0702. The van der Waals surface area contributed by atoms with Crippen LogP contribution in [0.25, 0.3) is 0 Å². The second-order valence-corrected chi connectivity index (χ2v) is 10.9. The van der Waals surface area contributed by atoms with E-state index in [9.17, 15) is 0 Å². The van der Waals surface area contributed by atoms with E-state index in [0.717, 1.165) is 35.6 Å². The third kappa shape index (κ3) is 18.4. The van der Waals surface area contributed by atoms with Crippen molar-refractivity contribution in [3.63, 3.8) is 0 Å². The molecule has 2 nitrogen and oxygen atoms in total. The molecule has 0 amide bonds. The molecule has 0 fully saturated rings. The van der Waals surface area contributed by atoms with Crippen LogP contribution in [0.2, 0.25) is 0 Å². The Morgan fingerprint density at radius 2 is 0.925 bits per heavy atom. The van der Waals surface area contributed by atoms with Gasteiger partial charge in [0.25, 0.3) is 0 Å². The summed E-state index contributed by atoms with van der Waals surface area (Å²) in [6.07, 6.45) is 30.5. The number of allylic oxidation sites excluding steroid dienone is 2. The summed E-state index contributed by atoms with van der Waals surface area (Å²) >= 11 is 0. The van der Waals surface area contributed by atoms with Gasteiger partial charge in [0, 0.05) is 16.5 Å². The molecule has 40 heavy (non-hydrogen) atoms. The molecule has 0 radical (unpaired) electrons. The number of hydrogen-bond acceptors (Lipinski definition) is 2. The molecule has 0 aliphatic carbocycles. The van der Waals surface area contributed by atoms with Crippen LogP contribution < -0.4 is 0 Å². The summed E-state index contributed by atoms with van der Waals surface area (Å²) in [5.41, 5.74) is 3.96. The molecule has 224 valence electrons. The molecule has 3 heteroatoms. The van der Waals surface area contributed by atoms with Crippen molar-refractivity contribution in [2.75, 3.05) is 0 Å². The van der Waals surface area contributed by atoms with E-state index in [2.05, 4.69) is 50.3 Å². The van der Waals surface area contributed by atoms with Crippen molar-refractivity contribution >= 4 is 22.8 Å². The average molecular weight is 588 g/mol. The maximum atomic E-state index is 4.94. The molecule has 0 unspecified atom stereocenters. The molecule has 0 spiro atoms. The van der Waals surface area contributed by atoms with E-state index < -0.39 is 0 Å². The van der Waals surface area contributed by atoms with Crippen LogP contribution in [0.5, 0.6) is 0 Å². The molecule has 0 N–H and O–H groups in total. The van der Waals surface area contributed by atoms with Gasteiger partial charge in [-0.1, -0.05) is 159 Å². The summed E-state index contributed by atoms with van der Waals surface area (Å²) in [6, 6.07) is 20.4. The fourth-order valence-corrected chi connectivity index (χ4v) is 5.00. The largest absolute Gasteiger partial charge is 0.251 e. The van der Waals surface area contributed by atoms with Gasteiger partial charge in [-0.05, 0) is 49.6 Å². The van der Waals surface area contributed by atoms with E-state index in [-0.39, 0.29) is 16.5 Å². The second kappa shape index (κ2) is 25.9. The fraction of sp³-hybridized carbons (Fsp3) is 0.568. The van der Waals surface area contributed by atoms with Crippen molar-refractivity contribution in [2.24, 2.45) is 9.98 Å². The Balaban J connectivity index is 0.00000800. The van der Waals surface area contributed by atoms with Crippen LogP contribution in [-0.2, 0) is 16.5 Å². The van der Waals surface area contributed by atoms with Gasteiger partial charge in [0.1, 0.15) is 0 Å². The minimum atomic E-state index is 0. The van der Waals surface area contributed by atoms with Crippen molar-refractivity contribution < 1.29 is 16.5 Å². The van der Waals surface area contributed by atoms with E-state index >= 15 is 0 Å². The van der Waals surface area contributed by atoms with E-state index in [0.29, 0.717) is 0 Å². The summed E-state index contributed by atoms with van der Waals surface area (Å²) in [7, 11) is 0. The first kappa shape index (κ1) is 36.0. The van der Waals surface area contributed by atoms with E-state index in [1.54, 1.807) is 0 Å². The van der Waals surface area contributed by atoms with Gasteiger partial charge in [-0.15, -0.1) is 0 Å². The Morgan fingerprint density at radius 3 is 1.35 bits per heavy atom. The predicted molar refractivity (Wildman–Crippen MR) is 175 cm³/mol. The monoisotopic (exact) mass is 586 g/mol. The number of rotatable bonds is 23. The first-order valence-electron chi connectivity index (χ1n) is 16.3. The van der Waals surface area contributed by atoms with Crippen LogP contribution in [0.4, 0.5) is 11.4 Å². The van der Waals surface area contributed by atoms with Gasteiger partial charge in [0.2, 0.25) is 0 Å². The summed E-state index contributed by atoms with van der Waals surface area (Å²) in [5.74, 6) is 0. The second-order valence-electron chi connectivity index (χ2n) is 10.9. The van der Waals surface area contributed by atoms with Crippen LogP contribution >= 0.6 is 0 Å². The maximum absolute atomic E-state index is 4.94. The Bertz CT molecular complexity index is 918. The minimum Gasteiger partial charge on any atom is -0.251 e. The topological polar surface area (TPSA) is 24.7 Å². The van der Waals surface area contributed by atoms with Crippen LogP contribution in [0.15, 0.2) is 82.8 Å². The molecule has 0 bridgehead atoms. The predicted octanol–water partition coefficient (Wildman–Crippen LogP) is 12.5. The van der Waals surface area contributed by atoms with Crippen molar-refractivity contribution in [3.8, 4) is 0 Å². The third-order valence-electron chi connectivity index (χ3n) is 7.41. The number of para-hydroxylation sites is 2. The Labute approximate surface area is 257 Å². The van der Waals surface area contributed by atoms with Gasteiger partial charge in [-0.2, -0.15) is 0 Å². The molecule has 0 aliphatic heterocycles. The molecule has 0 aliphatic rings. The summed E-state index contributed by atoms with van der Waals surface area (Å²) in [5, 5.41) is 0. The van der Waals surface area contributed by atoms with E-state index in [1.807, 2.05) is 36.4 Å². The molecule has 0 aromatic heterocycles. The molecule has 2 aromatic rings. The number of nitrogens with zero attached hydrogens (tertiary/aromatic N) is 2. The van der Waals surface area contributed by atoms with Crippen LogP contribution in [0, 0.1) is 0 Å². The fourth-order valence-electron chi connectivity index (χ4n) is 5.00. The average Bonchev–Trinajstić information content (AvgIpc) is 2.97. The molecule has 0 saturated carbocycles. The van der Waals surface area contributed by atoms with Crippen LogP contribution in [-0.4, -0.2) is 11.4 Å². The van der Waals surface area contributed by atoms with E-state index in [1.165, 1.54) is 109 Å². The van der Waals surface area contributed by atoms with Gasteiger partial charge in [-0.3, -0.25) is 4.99 Å². The first-order valence-corrected chi connectivity index (χ1v) is 16.3. The summed E-state index contributed by atoms with van der Waals surface area (Å²) in [4.78, 5) is 9.85. The summed E-state index contributed by atoms with van der Waals surface area (Å²) in [6.45, 7) is 4.46. The molecule has 0 atom stereocenters.